The Balaban J connectivity index is 1.08. The number of nitrogens with zero attached hydrogens (tertiary/aromatic N) is 1. The van der Waals surface area contributed by atoms with Gasteiger partial charge < -0.3 is 9.32 Å². The summed E-state index contributed by atoms with van der Waals surface area (Å²) in [6.45, 7) is 4.77. The van der Waals surface area contributed by atoms with Gasteiger partial charge in [-0.1, -0.05) is 185 Å². The van der Waals surface area contributed by atoms with Crippen molar-refractivity contribution in [3.8, 4) is 44.5 Å². The maximum Gasteiger partial charge on any atom is 0.136 e. The second-order valence-electron chi connectivity index (χ2n) is 18.2. The molecule has 1 fully saturated rings. The van der Waals surface area contributed by atoms with Crippen LogP contribution in [0, 0.1) is 0 Å². The van der Waals surface area contributed by atoms with Crippen LogP contribution in [0.5, 0.6) is 0 Å². The van der Waals surface area contributed by atoms with Gasteiger partial charge in [-0.2, -0.15) is 0 Å². The van der Waals surface area contributed by atoms with Crippen LogP contribution in [0.15, 0.2) is 199 Å². The first-order valence-corrected chi connectivity index (χ1v) is 22.8. The van der Waals surface area contributed by atoms with Gasteiger partial charge in [-0.25, -0.2) is 0 Å². The maximum absolute atomic E-state index is 6.40. The summed E-state index contributed by atoms with van der Waals surface area (Å²) < 4.78 is 6.40. The average Bonchev–Trinajstić information content (AvgIpc) is 3.84. The zero-order valence-electron chi connectivity index (χ0n) is 35.9. The molecule has 1 heterocycles. The highest BCUT2D eigenvalue weighted by Gasteiger charge is 2.37. The van der Waals surface area contributed by atoms with Crippen LogP contribution in [0.2, 0.25) is 0 Å². The highest BCUT2D eigenvalue weighted by Crippen LogP contribution is 2.53. The molecule has 0 N–H and O–H groups in total. The Kier molecular flexibility index (Phi) is 8.97. The van der Waals surface area contributed by atoms with Crippen molar-refractivity contribution < 1.29 is 4.42 Å². The Morgan fingerprint density at radius 1 is 0.460 bits per heavy atom. The number of hydrogen-bond donors (Lipinski definition) is 0. The lowest BCUT2D eigenvalue weighted by Crippen LogP contribution is -2.16. The van der Waals surface area contributed by atoms with Crippen molar-refractivity contribution in [1.82, 2.24) is 0 Å². The molecule has 0 bridgehead atoms. The van der Waals surface area contributed by atoms with Gasteiger partial charge in [0.25, 0.3) is 0 Å². The van der Waals surface area contributed by atoms with Crippen molar-refractivity contribution in [2.45, 2.75) is 57.3 Å². The third-order valence-corrected chi connectivity index (χ3v) is 14.2. The van der Waals surface area contributed by atoms with Crippen molar-refractivity contribution in [3.63, 3.8) is 0 Å². The summed E-state index contributed by atoms with van der Waals surface area (Å²) in [7, 11) is 0. The Morgan fingerprint density at radius 2 is 1.05 bits per heavy atom. The first kappa shape index (κ1) is 37.6. The molecular formula is C61H49NO. The van der Waals surface area contributed by atoms with Crippen LogP contribution in [0.4, 0.5) is 17.1 Å². The molecule has 0 atom stereocenters. The van der Waals surface area contributed by atoms with Crippen molar-refractivity contribution in [3.05, 3.63) is 211 Å². The van der Waals surface area contributed by atoms with E-state index in [2.05, 4.69) is 207 Å². The second kappa shape index (κ2) is 15.0. The van der Waals surface area contributed by atoms with Crippen LogP contribution in [-0.2, 0) is 5.41 Å². The molecule has 0 radical (unpaired) electrons. The first-order valence-electron chi connectivity index (χ1n) is 22.8. The van der Waals surface area contributed by atoms with E-state index in [1.54, 1.807) is 0 Å². The fraction of sp³-hybridized carbons (Fsp3) is 0.148. The quantitative estimate of drug-likeness (QED) is 0.159. The van der Waals surface area contributed by atoms with Crippen molar-refractivity contribution >= 4 is 49.8 Å². The molecule has 2 nitrogen and oxygen atoms in total. The Labute approximate surface area is 370 Å². The van der Waals surface area contributed by atoms with Crippen molar-refractivity contribution in [1.29, 1.82) is 0 Å². The third-order valence-electron chi connectivity index (χ3n) is 14.2. The number of hydrogen-bond acceptors (Lipinski definition) is 2. The molecule has 0 unspecified atom stereocenters. The summed E-state index contributed by atoms with van der Waals surface area (Å²) in [6, 6.07) is 72.0. The van der Waals surface area contributed by atoms with E-state index in [0.29, 0.717) is 5.92 Å². The van der Waals surface area contributed by atoms with Gasteiger partial charge >= 0.3 is 0 Å². The molecule has 0 amide bonds. The third kappa shape index (κ3) is 6.15. The average molecular weight is 812 g/mol. The van der Waals surface area contributed by atoms with Crippen LogP contribution in [-0.4, -0.2) is 0 Å². The first-order chi connectivity index (χ1) is 31.0. The zero-order chi connectivity index (χ0) is 42.1. The summed E-state index contributed by atoms with van der Waals surface area (Å²) in [5.41, 5.74) is 19.3. The molecule has 0 spiro atoms. The number of para-hydroxylation sites is 2. The van der Waals surface area contributed by atoms with E-state index in [-0.39, 0.29) is 5.41 Å². The molecule has 1 saturated carbocycles. The summed E-state index contributed by atoms with van der Waals surface area (Å²) in [5.74, 6) is 0.574. The van der Waals surface area contributed by atoms with Crippen LogP contribution in [0.3, 0.4) is 0 Å². The van der Waals surface area contributed by atoms with Crippen LogP contribution in [0.1, 0.15) is 68.6 Å². The van der Waals surface area contributed by atoms with E-state index in [4.69, 9.17) is 4.42 Å². The minimum absolute atomic E-state index is 0.137. The molecule has 2 heteroatoms. The summed E-state index contributed by atoms with van der Waals surface area (Å²) in [6.07, 6.45) is 6.45. The summed E-state index contributed by atoms with van der Waals surface area (Å²) in [4.78, 5) is 2.50. The molecule has 0 aliphatic heterocycles. The Bertz CT molecular complexity index is 3370. The van der Waals surface area contributed by atoms with Gasteiger partial charge in [-0.3, -0.25) is 0 Å². The molecule has 63 heavy (non-hydrogen) atoms. The predicted octanol–water partition coefficient (Wildman–Crippen LogP) is 17.6. The van der Waals surface area contributed by atoms with Gasteiger partial charge in [0.15, 0.2) is 0 Å². The standard InChI is InChI=1S/C61H49NO/c1-61(2)54-34-9-6-26-49(54)52-33-16-31-48(60(52)61)43-23-13-25-45(39-43)62(44-24-12-22-42(38-44)47-30-17-37-57-59(47)53-28-8-11-36-56(53)63-57)55-35-10-7-27-50(55)51-32-15-21-41-20-14-29-46(58(41)51)40-18-4-3-5-19-40/h6-17,20-40H,3-5,18-19H2,1-2H3. The molecular weight excluding hydrogens is 763 g/mol. The lowest BCUT2D eigenvalue weighted by Gasteiger charge is -2.30. The van der Waals surface area contributed by atoms with Gasteiger partial charge in [0.1, 0.15) is 11.2 Å². The fourth-order valence-corrected chi connectivity index (χ4v) is 11.4. The van der Waals surface area contributed by atoms with Gasteiger partial charge in [-0.15, -0.1) is 0 Å². The van der Waals surface area contributed by atoms with E-state index in [0.717, 1.165) is 50.1 Å². The van der Waals surface area contributed by atoms with Gasteiger partial charge in [-0.05, 0) is 128 Å². The lowest BCUT2D eigenvalue weighted by atomic mass is 9.79. The van der Waals surface area contributed by atoms with Crippen LogP contribution < -0.4 is 4.90 Å². The van der Waals surface area contributed by atoms with E-state index < -0.39 is 0 Å². The topological polar surface area (TPSA) is 16.4 Å². The molecule has 304 valence electrons. The highest BCUT2D eigenvalue weighted by molar-refractivity contribution is 6.12. The second-order valence-corrected chi connectivity index (χ2v) is 18.2. The summed E-state index contributed by atoms with van der Waals surface area (Å²) >= 11 is 0. The maximum atomic E-state index is 6.40. The Morgan fingerprint density at radius 3 is 1.87 bits per heavy atom. The Hall–Kier alpha value is -7.16. The van der Waals surface area contributed by atoms with Crippen molar-refractivity contribution in [2.24, 2.45) is 0 Å². The molecule has 9 aromatic carbocycles. The normalized spacial score (nSPS) is 14.6. The lowest BCUT2D eigenvalue weighted by molar-refractivity contribution is 0.445. The predicted molar refractivity (Wildman–Crippen MR) is 266 cm³/mol. The van der Waals surface area contributed by atoms with Gasteiger partial charge in [0.05, 0.1) is 5.69 Å². The largest absolute Gasteiger partial charge is 0.456 e. The number of anilines is 3. The number of fused-ring (bicyclic) bond motifs is 7. The molecule has 12 rings (SSSR count). The molecule has 1 aromatic heterocycles. The van der Waals surface area contributed by atoms with Gasteiger partial charge in [0, 0.05) is 33.1 Å². The zero-order valence-corrected chi connectivity index (χ0v) is 35.9. The van der Waals surface area contributed by atoms with E-state index in [9.17, 15) is 0 Å². The monoisotopic (exact) mass is 811 g/mol. The molecule has 2 aliphatic rings. The SMILES string of the molecule is CC1(C)c2ccccc2-c2cccc(-c3cccc(N(c4cccc(-c5cccc6oc7ccccc7c56)c4)c4ccccc4-c4cccc5cccc(C6CCCCC6)c45)c3)c21. The highest BCUT2D eigenvalue weighted by atomic mass is 16.3. The number of rotatable bonds is 7. The minimum Gasteiger partial charge on any atom is -0.456 e. The fourth-order valence-electron chi connectivity index (χ4n) is 11.4. The van der Waals surface area contributed by atoms with Crippen LogP contribution in [0.25, 0.3) is 77.2 Å². The van der Waals surface area contributed by atoms with Crippen molar-refractivity contribution in [2.75, 3.05) is 4.90 Å². The number of benzene rings is 9. The smallest absolute Gasteiger partial charge is 0.136 e. The van der Waals surface area contributed by atoms with E-state index >= 15 is 0 Å². The van der Waals surface area contributed by atoms with E-state index in [1.807, 2.05) is 6.07 Å². The number of furan rings is 1. The van der Waals surface area contributed by atoms with Crippen LogP contribution >= 0.6 is 0 Å². The van der Waals surface area contributed by atoms with E-state index in [1.165, 1.54) is 92.9 Å². The molecule has 2 aliphatic carbocycles. The molecule has 10 aromatic rings. The van der Waals surface area contributed by atoms with Gasteiger partial charge in [0.2, 0.25) is 0 Å². The molecule has 0 saturated heterocycles. The minimum atomic E-state index is -0.137. The summed E-state index contributed by atoms with van der Waals surface area (Å²) in [5, 5.41) is 4.98.